The number of amides is 1. The first-order valence-corrected chi connectivity index (χ1v) is 11.7. The molecule has 2 heterocycles. The number of nitrogens with zero attached hydrogens (tertiary/aromatic N) is 5. The van der Waals surface area contributed by atoms with Crippen LogP contribution in [0.5, 0.6) is 5.75 Å². The molecule has 0 aliphatic carbocycles. The number of carbonyl (C=O) groups excluding carboxylic acids is 1. The number of phenols is 1. The van der Waals surface area contributed by atoms with Crippen LogP contribution in [0.4, 0.5) is 0 Å². The van der Waals surface area contributed by atoms with E-state index in [-0.39, 0.29) is 17.4 Å². The third kappa shape index (κ3) is 5.47. The molecule has 2 aromatic heterocycles. The Morgan fingerprint density at radius 2 is 1.82 bits per heavy atom. The molecular formula is C23H19BrN6O2S. The minimum absolute atomic E-state index is 0.0859. The van der Waals surface area contributed by atoms with Gasteiger partial charge in [0.15, 0.2) is 11.0 Å². The molecule has 0 atom stereocenters. The highest BCUT2D eigenvalue weighted by Gasteiger charge is 2.17. The first-order valence-electron chi connectivity index (χ1n) is 9.89. The average molecular weight is 523 g/mol. The zero-order valence-electron chi connectivity index (χ0n) is 17.5. The third-order valence-electron chi connectivity index (χ3n) is 4.63. The van der Waals surface area contributed by atoms with Crippen LogP contribution in [0.1, 0.15) is 12.5 Å². The van der Waals surface area contributed by atoms with Crippen molar-refractivity contribution >= 4 is 39.3 Å². The molecule has 0 bridgehead atoms. The Balaban J connectivity index is 1.53. The van der Waals surface area contributed by atoms with E-state index in [2.05, 4.69) is 41.6 Å². The normalized spacial score (nSPS) is 11.4. The molecule has 10 heteroatoms. The van der Waals surface area contributed by atoms with E-state index >= 15 is 0 Å². The molecule has 4 rings (SSSR count). The molecular weight excluding hydrogens is 504 g/mol. The summed E-state index contributed by atoms with van der Waals surface area (Å²) in [4.78, 5) is 16.5. The Bertz CT molecular complexity index is 1290. The lowest BCUT2D eigenvalue weighted by molar-refractivity contribution is -0.118. The number of para-hydroxylation sites is 1. The van der Waals surface area contributed by atoms with Crippen molar-refractivity contribution in [2.45, 2.75) is 12.1 Å². The van der Waals surface area contributed by atoms with Gasteiger partial charge in [-0.2, -0.15) is 5.10 Å². The quantitative estimate of drug-likeness (QED) is 0.211. The van der Waals surface area contributed by atoms with Gasteiger partial charge in [0.1, 0.15) is 5.75 Å². The molecule has 0 radical (unpaired) electrons. The standard InChI is InChI=1S/C23H19BrN6O2S/c1-15(19-4-2-3-5-20(19)31)26-27-21(32)14-33-23-29-28-22(16-10-12-25-13-11-16)30(23)18-8-6-17(24)7-9-18/h2-13,31H,14H2,1H3,(H,27,32)/b26-15-. The van der Waals surface area contributed by atoms with Crippen molar-refractivity contribution in [3.63, 3.8) is 0 Å². The number of aromatic nitrogens is 4. The molecule has 0 aliphatic rings. The highest BCUT2D eigenvalue weighted by atomic mass is 79.9. The maximum Gasteiger partial charge on any atom is 0.250 e. The van der Waals surface area contributed by atoms with Gasteiger partial charge >= 0.3 is 0 Å². The molecule has 166 valence electrons. The molecule has 33 heavy (non-hydrogen) atoms. The number of halogens is 1. The predicted molar refractivity (Wildman–Crippen MR) is 131 cm³/mol. The van der Waals surface area contributed by atoms with E-state index in [4.69, 9.17) is 0 Å². The highest BCUT2D eigenvalue weighted by molar-refractivity contribution is 9.10. The Morgan fingerprint density at radius 1 is 1.09 bits per heavy atom. The fraction of sp³-hybridized carbons (Fsp3) is 0.0870. The summed E-state index contributed by atoms with van der Waals surface area (Å²) in [6.45, 7) is 1.72. The number of pyridine rings is 1. The number of rotatable bonds is 7. The summed E-state index contributed by atoms with van der Waals surface area (Å²) in [5.41, 5.74) is 5.32. The van der Waals surface area contributed by atoms with Gasteiger partial charge in [-0.1, -0.05) is 39.8 Å². The number of hydrogen-bond acceptors (Lipinski definition) is 7. The molecule has 0 saturated carbocycles. The van der Waals surface area contributed by atoms with Crippen molar-refractivity contribution in [2.24, 2.45) is 5.10 Å². The van der Waals surface area contributed by atoms with Gasteiger partial charge in [-0.05, 0) is 55.5 Å². The maximum atomic E-state index is 12.4. The van der Waals surface area contributed by atoms with Crippen LogP contribution in [0.15, 0.2) is 87.8 Å². The summed E-state index contributed by atoms with van der Waals surface area (Å²) in [6, 6.07) is 18.3. The van der Waals surface area contributed by atoms with Crippen LogP contribution >= 0.6 is 27.7 Å². The van der Waals surface area contributed by atoms with E-state index in [9.17, 15) is 9.90 Å². The fourth-order valence-corrected chi connectivity index (χ4v) is 4.03. The van der Waals surface area contributed by atoms with E-state index < -0.39 is 0 Å². The second-order valence-corrected chi connectivity index (χ2v) is 8.75. The van der Waals surface area contributed by atoms with Gasteiger partial charge in [0.2, 0.25) is 0 Å². The largest absolute Gasteiger partial charge is 0.507 e. The predicted octanol–water partition coefficient (Wildman–Crippen LogP) is 4.43. The monoisotopic (exact) mass is 522 g/mol. The number of hydrogen-bond donors (Lipinski definition) is 2. The van der Waals surface area contributed by atoms with E-state index in [1.165, 1.54) is 11.8 Å². The summed E-state index contributed by atoms with van der Waals surface area (Å²) in [7, 11) is 0. The van der Waals surface area contributed by atoms with E-state index in [1.807, 2.05) is 41.0 Å². The summed E-state index contributed by atoms with van der Waals surface area (Å²) in [5, 5.41) is 23.3. The van der Waals surface area contributed by atoms with E-state index in [1.54, 1.807) is 43.6 Å². The molecule has 1 amide bonds. The van der Waals surface area contributed by atoms with Crippen molar-refractivity contribution in [3.05, 3.63) is 83.1 Å². The lowest BCUT2D eigenvalue weighted by Crippen LogP contribution is -2.21. The number of aromatic hydroxyl groups is 1. The van der Waals surface area contributed by atoms with Gasteiger partial charge in [0, 0.05) is 33.7 Å². The van der Waals surface area contributed by atoms with Crippen LogP contribution in [-0.4, -0.2) is 42.2 Å². The Hall–Kier alpha value is -3.50. The molecule has 0 spiro atoms. The number of nitrogens with one attached hydrogen (secondary N) is 1. The van der Waals surface area contributed by atoms with Crippen LogP contribution < -0.4 is 5.43 Å². The molecule has 4 aromatic rings. The first kappa shape index (κ1) is 22.7. The number of carbonyl (C=O) groups is 1. The zero-order chi connectivity index (χ0) is 23.2. The highest BCUT2D eigenvalue weighted by Crippen LogP contribution is 2.28. The molecule has 0 fully saturated rings. The molecule has 2 N–H and O–H groups in total. The number of hydrazone groups is 1. The van der Waals surface area contributed by atoms with Crippen molar-refractivity contribution in [1.29, 1.82) is 0 Å². The van der Waals surface area contributed by atoms with Crippen LogP contribution in [0, 0.1) is 0 Å². The number of benzene rings is 2. The minimum atomic E-state index is -0.300. The van der Waals surface area contributed by atoms with Gasteiger partial charge in [0.25, 0.3) is 5.91 Å². The van der Waals surface area contributed by atoms with Crippen molar-refractivity contribution < 1.29 is 9.90 Å². The van der Waals surface area contributed by atoms with Crippen LogP contribution in [0.25, 0.3) is 17.1 Å². The lowest BCUT2D eigenvalue weighted by Gasteiger charge is -2.10. The van der Waals surface area contributed by atoms with E-state index in [0.717, 1.165) is 15.7 Å². The minimum Gasteiger partial charge on any atom is -0.507 e. The number of thioether (sulfide) groups is 1. The summed E-state index contributed by atoms with van der Waals surface area (Å²) in [6.07, 6.45) is 3.39. The molecule has 8 nitrogen and oxygen atoms in total. The Kier molecular flexibility index (Phi) is 7.16. The van der Waals surface area contributed by atoms with Crippen LogP contribution in [-0.2, 0) is 4.79 Å². The second-order valence-electron chi connectivity index (χ2n) is 6.89. The number of phenolic OH excluding ortho intramolecular Hbond substituents is 1. The lowest BCUT2D eigenvalue weighted by atomic mass is 10.1. The topological polar surface area (TPSA) is 105 Å². The Labute approximate surface area is 202 Å². The zero-order valence-corrected chi connectivity index (χ0v) is 19.9. The van der Waals surface area contributed by atoms with Gasteiger partial charge in [0.05, 0.1) is 11.5 Å². The smallest absolute Gasteiger partial charge is 0.250 e. The van der Waals surface area contributed by atoms with Crippen molar-refractivity contribution in [3.8, 4) is 22.8 Å². The summed E-state index contributed by atoms with van der Waals surface area (Å²) >= 11 is 4.71. The van der Waals surface area contributed by atoms with Gasteiger partial charge < -0.3 is 5.11 Å². The first-order chi connectivity index (χ1) is 16.0. The van der Waals surface area contributed by atoms with Crippen molar-refractivity contribution in [2.75, 3.05) is 5.75 Å². The van der Waals surface area contributed by atoms with E-state index in [0.29, 0.717) is 22.3 Å². The van der Waals surface area contributed by atoms with Crippen molar-refractivity contribution in [1.82, 2.24) is 25.2 Å². The summed E-state index contributed by atoms with van der Waals surface area (Å²) in [5.74, 6) is 0.540. The fourth-order valence-electron chi connectivity index (χ4n) is 3.02. The average Bonchev–Trinajstić information content (AvgIpc) is 3.26. The molecule has 2 aromatic carbocycles. The third-order valence-corrected chi connectivity index (χ3v) is 6.09. The van der Waals surface area contributed by atoms with Crippen LogP contribution in [0.2, 0.25) is 0 Å². The molecule has 0 saturated heterocycles. The van der Waals surface area contributed by atoms with Gasteiger partial charge in [-0.3, -0.25) is 14.3 Å². The Morgan fingerprint density at radius 3 is 2.55 bits per heavy atom. The molecule has 0 aliphatic heterocycles. The van der Waals surface area contributed by atoms with Crippen LogP contribution in [0.3, 0.4) is 0 Å². The second kappa shape index (κ2) is 10.4. The van der Waals surface area contributed by atoms with Gasteiger partial charge in [-0.15, -0.1) is 10.2 Å². The SMILES string of the molecule is C/C(=N/NC(=O)CSc1nnc(-c2ccncc2)n1-c1ccc(Br)cc1)c1ccccc1O. The maximum absolute atomic E-state index is 12.4. The van der Waals surface area contributed by atoms with Gasteiger partial charge in [-0.25, -0.2) is 5.43 Å². The summed E-state index contributed by atoms with van der Waals surface area (Å²) < 4.78 is 2.85. The molecule has 0 unspecified atom stereocenters.